The third-order valence-electron chi connectivity index (χ3n) is 3.17. The fraction of sp³-hybridized carbons (Fsp3) is 1.00. The molecule has 0 aromatic heterocycles. The second-order valence-corrected chi connectivity index (χ2v) is 4.54. The van der Waals surface area contributed by atoms with Crippen LogP contribution in [0.15, 0.2) is 0 Å². The maximum atomic E-state index is 9.75. The fourth-order valence-electron chi connectivity index (χ4n) is 2.08. The normalized spacial score (nSPS) is 31.6. The van der Waals surface area contributed by atoms with Crippen LogP contribution >= 0.6 is 0 Å². The molecule has 1 fully saturated rings. The van der Waals surface area contributed by atoms with Crippen molar-refractivity contribution in [2.75, 3.05) is 14.2 Å². The van der Waals surface area contributed by atoms with Gasteiger partial charge >= 0.3 is 0 Å². The Morgan fingerprint density at radius 3 is 2.15 bits per heavy atom. The van der Waals surface area contributed by atoms with Crippen LogP contribution in [0.3, 0.4) is 0 Å². The van der Waals surface area contributed by atoms with Crippen molar-refractivity contribution in [1.29, 1.82) is 0 Å². The number of hydrogen-bond donors (Lipinski definition) is 1. The molecule has 1 unspecified atom stereocenters. The zero-order valence-corrected chi connectivity index (χ0v) is 8.96. The predicted octanol–water partition coefficient (Wildman–Crippen LogP) is 1.55. The van der Waals surface area contributed by atoms with Gasteiger partial charge in [0.1, 0.15) is 0 Å². The van der Waals surface area contributed by atoms with E-state index in [1.165, 1.54) is 0 Å². The third-order valence-corrected chi connectivity index (χ3v) is 3.17. The van der Waals surface area contributed by atoms with Gasteiger partial charge in [0.15, 0.2) is 5.79 Å². The van der Waals surface area contributed by atoms with Crippen LogP contribution in [0.1, 0.15) is 33.1 Å². The molecule has 1 saturated carbocycles. The lowest BCUT2D eigenvalue weighted by molar-refractivity contribution is -0.254. The fourth-order valence-corrected chi connectivity index (χ4v) is 2.08. The van der Waals surface area contributed by atoms with E-state index in [-0.39, 0.29) is 11.5 Å². The Hall–Kier alpha value is -0.120. The van der Waals surface area contributed by atoms with Gasteiger partial charge in [0.2, 0.25) is 0 Å². The van der Waals surface area contributed by atoms with Crippen LogP contribution in [0.25, 0.3) is 0 Å². The molecule has 0 aromatic rings. The second-order valence-electron chi connectivity index (χ2n) is 4.54. The number of ether oxygens (including phenoxy) is 2. The Bertz CT molecular complexity index is 173. The van der Waals surface area contributed by atoms with Gasteiger partial charge in [-0.25, -0.2) is 0 Å². The molecule has 3 nitrogen and oxygen atoms in total. The molecule has 0 heterocycles. The van der Waals surface area contributed by atoms with E-state index in [0.29, 0.717) is 0 Å². The SMILES string of the molecule is COC1(OC)CCC(O)C(C)(C)C1. The number of methoxy groups -OCH3 is 2. The average molecular weight is 188 g/mol. The molecule has 0 aliphatic heterocycles. The van der Waals surface area contributed by atoms with Gasteiger partial charge in [-0.15, -0.1) is 0 Å². The van der Waals surface area contributed by atoms with Crippen LogP contribution in [0.4, 0.5) is 0 Å². The van der Waals surface area contributed by atoms with Crippen LogP contribution in [0.5, 0.6) is 0 Å². The predicted molar refractivity (Wildman–Crippen MR) is 50.4 cm³/mol. The summed E-state index contributed by atoms with van der Waals surface area (Å²) in [7, 11) is 3.33. The molecular formula is C10H20O3. The lowest BCUT2D eigenvalue weighted by Gasteiger charge is -2.45. The summed E-state index contributed by atoms with van der Waals surface area (Å²) in [6.07, 6.45) is 2.01. The Kier molecular flexibility index (Phi) is 3.00. The second kappa shape index (κ2) is 3.56. The van der Waals surface area contributed by atoms with Gasteiger partial charge < -0.3 is 14.6 Å². The van der Waals surface area contributed by atoms with Gasteiger partial charge in [-0.1, -0.05) is 13.8 Å². The molecule has 0 radical (unpaired) electrons. The van der Waals surface area contributed by atoms with Crippen molar-refractivity contribution in [2.24, 2.45) is 5.41 Å². The van der Waals surface area contributed by atoms with E-state index in [2.05, 4.69) is 0 Å². The van der Waals surface area contributed by atoms with Crippen molar-refractivity contribution >= 4 is 0 Å². The van der Waals surface area contributed by atoms with Gasteiger partial charge in [-0.05, 0) is 11.8 Å². The van der Waals surface area contributed by atoms with Crippen molar-refractivity contribution in [2.45, 2.75) is 45.0 Å². The molecule has 3 heteroatoms. The average Bonchev–Trinajstić information content (AvgIpc) is 2.10. The molecule has 0 amide bonds. The van der Waals surface area contributed by atoms with Gasteiger partial charge in [0.25, 0.3) is 0 Å². The van der Waals surface area contributed by atoms with Crippen molar-refractivity contribution in [3.8, 4) is 0 Å². The summed E-state index contributed by atoms with van der Waals surface area (Å²) >= 11 is 0. The first kappa shape index (κ1) is 11.0. The highest BCUT2D eigenvalue weighted by molar-refractivity contribution is 4.91. The first-order valence-corrected chi connectivity index (χ1v) is 4.74. The van der Waals surface area contributed by atoms with Crippen LogP contribution in [-0.2, 0) is 9.47 Å². The molecule has 1 atom stereocenters. The number of hydrogen-bond acceptors (Lipinski definition) is 3. The van der Waals surface area contributed by atoms with E-state index < -0.39 is 5.79 Å². The van der Waals surface area contributed by atoms with Gasteiger partial charge in [0.05, 0.1) is 6.10 Å². The quantitative estimate of drug-likeness (QED) is 0.668. The van der Waals surface area contributed by atoms with Crippen LogP contribution < -0.4 is 0 Å². The molecule has 1 rings (SSSR count). The molecule has 1 aliphatic rings. The topological polar surface area (TPSA) is 38.7 Å². The lowest BCUT2D eigenvalue weighted by Crippen LogP contribution is -2.48. The summed E-state index contributed by atoms with van der Waals surface area (Å²) in [4.78, 5) is 0. The standard InChI is InChI=1S/C10H20O3/c1-9(2)7-10(12-3,13-4)6-5-8(9)11/h8,11H,5-7H2,1-4H3. The van der Waals surface area contributed by atoms with Gasteiger partial charge in [-0.2, -0.15) is 0 Å². The molecule has 0 aromatic carbocycles. The Morgan fingerprint density at radius 2 is 1.77 bits per heavy atom. The minimum absolute atomic E-state index is 0.121. The molecule has 1 aliphatic carbocycles. The molecular weight excluding hydrogens is 168 g/mol. The zero-order valence-electron chi connectivity index (χ0n) is 8.96. The maximum Gasteiger partial charge on any atom is 0.168 e. The van der Waals surface area contributed by atoms with E-state index in [1.54, 1.807) is 14.2 Å². The van der Waals surface area contributed by atoms with E-state index in [1.807, 2.05) is 13.8 Å². The Morgan fingerprint density at radius 1 is 1.23 bits per heavy atom. The van der Waals surface area contributed by atoms with Crippen LogP contribution in [0.2, 0.25) is 0 Å². The highest BCUT2D eigenvalue weighted by atomic mass is 16.7. The summed E-state index contributed by atoms with van der Waals surface area (Å²) in [5.74, 6) is -0.483. The highest BCUT2D eigenvalue weighted by Gasteiger charge is 2.45. The monoisotopic (exact) mass is 188 g/mol. The lowest BCUT2D eigenvalue weighted by atomic mass is 9.72. The van der Waals surface area contributed by atoms with E-state index in [0.717, 1.165) is 19.3 Å². The zero-order chi connectivity index (χ0) is 10.1. The number of rotatable bonds is 2. The Balaban J connectivity index is 2.74. The first-order valence-electron chi connectivity index (χ1n) is 4.74. The molecule has 78 valence electrons. The van der Waals surface area contributed by atoms with Gasteiger partial charge in [0, 0.05) is 27.1 Å². The van der Waals surface area contributed by atoms with Crippen molar-refractivity contribution in [1.82, 2.24) is 0 Å². The van der Waals surface area contributed by atoms with Crippen molar-refractivity contribution < 1.29 is 14.6 Å². The summed E-state index contributed by atoms with van der Waals surface area (Å²) in [6, 6.07) is 0. The molecule has 13 heavy (non-hydrogen) atoms. The van der Waals surface area contributed by atoms with Crippen LogP contribution in [0, 0.1) is 5.41 Å². The maximum absolute atomic E-state index is 9.75. The molecule has 0 spiro atoms. The Labute approximate surface area is 80.0 Å². The molecule has 0 bridgehead atoms. The largest absolute Gasteiger partial charge is 0.393 e. The van der Waals surface area contributed by atoms with Crippen molar-refractivity contribution in [3.63, 3.8) is 0 Å². The smallest absolute Gasteiger partial charge is 0.168 e. The first-order chi connectivity index (χ1) is 5.96. The molecule has 1 N–H and O–H groups in total. The summed E-state index contributed by atoms with van der Waals surface area (Å²) in [5.41, 5.74) is -0.121. The number of aliphatic hydroxyl groups is 1. The summed E-state index contributed by atoms with van der Waals surface area (Å²) < 4.78 is 10.8. The van der Waals surface area contributed by atoms with E-state index in [9.17, 15) is 5.11 Å². The highest BCUT2D eigenvalue weighted by Crippen LogP contribution is 2.43. The van der Waals surface area contributed by atoms with Gasteiger partial charge in [-0.3, -0.25) is 0 Å². The van der Waals surface area contributed by atoms with Crippen molar-refractivity contribution in [3.05, 3.63) is 0 Å². The third kappa shape index (κ3) is 2.03. The van der Waals surface area contributed by atoms with E-state index in [4.69, 9.17) is 9.47 Å². The minimum Gasteiger partial charge on any atom is -0.393 e. The van der Waals surface area contributed by atoms with Crippen LogP contribution in [-0.4, -0.2) is 31.2 Å². The minimum atomic E-state index is -0.483. The number of aliphatic hydroxyl groups excluding tert-OH is 1. The summed E-state index contributed by atoms with van der Waals surface area (Å²) in [6.45, 7) is 4.09. The van der Waals surface area contributed by atoms with E-state index >= 15 is 0 Å². The summed E-state index contributed by atoms with van der Waals surface area (Å²) in [5, 5.41) is 9.75. The molecule has 0 saturated heterocycles.